The highest BCUT2D eigenvalue weighted by atomic mass is 16.2. The first-order valence-corrected chi connectivity index (χ1v) is 11.2. The van der Waals surface area contributed by atoms with E-state index in [9.17, 15) is 19.2 Å². The van der Waals surface area contributed by atoms with Crippen molar-refractivity contribution in [2.24, 2.45) is 5.41 Å². The normalized spacial score (nSPS) is 30.0. The Kier molecular flexibility index (Phi) is 5.14. The van der Waals surface area contributed by atoms with Gasteiger partial charge in [-0.05, 0) is 68.2 Å². The summed E-state index contributed by atoms with van der Waals surface area (Å²) in [7, 11) is 0. The van der Waals surface area contributed by atoms with Crippen molar-refractivity contribution < 1.29 is 19.2 Å². The van der Waals surface area contributed by atoms with Gasteiger partial charge >= 0.3 is 0 Å². The third kappa shape index (κ3) is 3.68. The Morgan fingerprint density at radius 3 is 2.52 bits per heavy atom. The van der Waals surface area contributed by atoms with Crippen LogP contribution in [0.15, 0.2) is 18.2 Å². The molecule has 6 rings (SSSR count). The summed E-state index contributed by atoms with van der Waals surface area (Å²) in [5.41, 5.74) is 2.02. The smallest absolute Gasteiger partial charge is 0.262 e. The second-order valence-electron chi connectivity index (χ2n) is 9.41. The monoisotopic (exact) mass is 424 g/mol. The topological polar surface area (TPSA) is 108 Å². The fraction of sp³-hybridized carbons (Fsp3) is 0.565. The second kappa shape index (κ2) is 7.84. The van der Waals surface area contributed by atoms with Crippen molar-refractivity contribution in [1.82, 2.24) is 20.9 Å². The first kappa shape index (κ1) is 20.3. The second-order valence-corrected chi connectivity index (χ2v) is 9.41. The van der Waals surface area contributed by atoms with Crippen LogP contribution in [0, 0.1) is 5.41 Å². The van der Waals surface area contributed by atoms with Gasteiger partial charge < -0.3 is 10.6 Å². The molecule has 5 aliphatic rings. The predicted octanol–water partition coefficient (Wildman–Crippen LogP) is 1.10. The van der Waals surface area contributed by atoms with Crippen molar-refractivity contribution in [1.29, 1.82) is 0 Å². The number of carbonyl (C=O) groups is 4. The van der Waals surface area contributed by atoms with Gasteiger partial charge in [0.25, 0.3) is 11.8 Å². The van der Waals surface area contributed by atoms with E-state index in [4.69, 9.17) is 0 Å². The third-order valence-electron chi connectivity index (χ3n) is 7.48. The third-order valence-corrected chi connectivity index (χ3v) is 7.48. The zero-order chi connectivity index (χ0) is 21.6. The van der Waals surface area contributed by atoms with E-state index in [2.05, 4.69) is 16.0 Å². The molecule has 31 heavy (non-hydrogen) atoms. The van der Waals surface area contributed by atoms with Crippen molar-refractivity contribution in [2.45, 2.75) is 63.6 Å². The first-order chi connectivity index (χ1) is 15.0. The molecule has 0 aromatic heterocycles. The van der Waals surface area contributed by atoms with Crippen LogP contribution in [0.5, 0.6) is 0 Å². The maximum Gasteiger partial charge on any atom is 0.262 e. The summed E-state index contributed by atoms with van der Waals surface area (Å²) in [6.07, 6.45) is 6.60. The average molecular weight is 425 g/mol. The van der Waals surface area contributed by atoms with Crippen LogP contribution in [0.25, 0.3) is 0 Å². The Hall–Kier alpha value is -2.58. The summed E-state index contributed by atoms with van der Waals surface area (Å²) >= 11 is 0. The summed E-state index contributed by atoms with van der Waals surface area (Å²) in [5, 5.41) is 9.35. The number of amides is 4. The molecule has 1 aromatic rings. The first-order valence-electron chi connectivity index (χ1n) is 11.2. The SMILES string of the molecule is O=C1CCC(N2C(=O)c3ccc(CNCCC45CCC(CC4)NC5)cc3C2=O)C(=O)N1. The summed E-state index contributed by atoms with van der Waals surface area (Å²) in [6, 6.07) is 5.08. The molecular formula is C23H28N4O4. The quantitative estimate of drug-likeness (QED) is 0.466. The number of nitrogens with zero attached hydrogens (tertiary/aromatic N) is 1. The summed E-state index contributed by atoms with van der Waals surface area (Å²) in [5.74, 6) is -1.88. The van der Waals surface area contributed by atoms with Crippen molar-refractivity contribution in [3.05, 3.63) is 34.9 Å². The lowest BCUT2D eigenvalue weighted by Crippen LogP contribution is -2.54. The van der Waals surface area contributed by atoms with E-state index < -0.39 is 23.8 Å². The molecular weight excluding hydrogens is 396 g/mol. The zero-order valence-corrected chi connectivity index (χ0v) is 17.5. The van der Waals surface area contributed by atoms with Crippen LogP contribution in [0.2, 0.25) is 0 Å². The number of hydrogen-bond acceptors (Lipinski definition) is 6. The van der Waals surface area contributed by atoms with Crippen molar-refractivity contribution in [2.75, 3.05) is 13.1 Å². The van der Waals surface area contributed by atoms with Crippen LogP contribution in [0.3, 0.4) is 0 Å². The molecule has 4 aliphatic heterocycles. The number of rotatable bonds is 6. The van der Waals surface area contributed by atoms with Crippen LogP contribution in [0.1, 0.15) is 71.2 Å². The van der Waals surface area contributed by atoms with Crippen LogP contribution >= 0.6 is 0 Å². The van der Waals surface area contributed by atoms with Crippen molar-refractivity contribution in [3.8, 4) is 0 Å². The Morgan fingerprint density at radius 2 is 1.81 bits per heavy atom. The molecule has 8 heteroatoms. The van der Waals surface area contributed by atoms with Gasteiger partial charge in [0.05, 0.1) is 11.1 Å². The molecule has 164 valence electrons. The highest BCUT2D eigenvalue weighted by molar-refractivity contribution is 6.23. The number of hydrogen-bond donors (Lipinski definition) is 3. The van der Waals surface area contributed by atoms with E-state index in [0.29, 0.717) is 23.1 Å². The maximum atomic E-state index is 12.9. The number of piperidine rings is 3. The fourth-order valence-corrected chi connectivity index (χ4v) is 5.52. The van der Waals surface area contributed by atoms with Crippen LogP contribution in [-0.4, -0.2) is 53.7 Å². The molecule has 3 saturated heterocycles. The highest BCUT2D eigenvalue weighted by Crippen LogP contribution is 2.42. The van der Waals surface area contributed by atoms with E-state index >= 15 is 0 Å². The average Bonchev–Trinajstić information content (AvgIpc) is 3.03. The number of imide groups is 2. The fourth-order valence-electron chi connectivity index (χ4n) is 5.52. The van der Waals surface area contributed by atoms with Gasteiger partial charge in [0.1, 0.15) is 6.04 Å². The standard InChI is InChI=1S/C23H28N4O4/c28-19-4-3-18(20(29)26-19)27-21(30)16-2-1-14(11-17(16)22(27)31)12-24-10-9-23-7-5-15(6-8-23)25-13-23/h1-2,11,15,18,24-25H,3-10,12-13H2,(H,26,28,29). The van der Waals surface area contributed by atoms with Gasteiger partial charge in [-0.2, -0.15) is 0 Å². The van der Waals surface area contributed by atoms with Gasteiger partial charge in [0.2, 0.25) is 11.8 Å². The number of carbonyl (C=O) groups excluding carboxylic acids is 4. The van der Waals surface area contributed by atoms with Gasteiger partial charge in [-0.1, -0.05) is 6.07 Å². The lowest BCUT2D eigenvalue weighted by molar-refractivity contribution is -0.136. The predicted molar refractivity (Wildman–Crippen MR) is 112 cm³/mol. The molecule has 1 atom stereocenters. The molecule has 8 nitrogen and oxygen atoms in total. The lowest BCUT2D eigenvalue weighted by Gasteiger charge is -2.47. The van der Waals surface area contributed by atoms with Gasteiger partial charge in [-0.25, -0.2) is 0 Å². The van der Waals surface area contributed by atoms with Gasteiger partial charge in [0, 0.05) is 25.6 Å². The molecule has 1 aromatic carbocycles. The Morgan fingerprint density at radius 1 is 1.03 bits per heavy atom. The van der Waals surface area contributed by atoms with E-state index in [-0.39, 0.29) is 18.7 Å². The summed E-state index contributed by atoms with van der Waals surface area (Å²) in [4.78, 5) is 50.3. The van der Waals surface area contributed by atoms with Gasteiger partial charge in [-0.15, -0.1) is 0 Å². The summed E-state index contributed by atoms with van der Waals surface area (Å²) in [6.45, 7) is 2.66. The molecule has 1 saturated carbocycles. The molecule has 0 spiro atoms. The summed E-state index contributed by atoms with van der Waals surface area (Å²) < 4.78 is 0. The Bertz CT molecular complexity index is 937. The minimum absolute atomic E-state index is 0.122. The van der Waals surface area contributed by atoms with Crippen LogP contribution in [0.4, 0.5) is 0 Å². The minimum atomic E-state index is -0.926. The molecule has 0 radical (unpaired) electrons. The minimum Gasteiger partial charge on any atom is -0.313 e. The molecule has 4 amide bonds. The van der Waals surface area contributed by atoms with Gasteiger partial charge in [-0.3, -0.25) is 29.4 Å². The molecule has 1 aliphatic carbocycles. The van der Waals surface area contributed by atoms with Gasteiger partial charge in [0.15, 0.2) is 0 Å². The molecule has 3 N–H and O–H groups in total. The molecule has 4 fully saturated rings. The van der Waals surface area contributed by atoms with Crippen LogP contribution < -0.4 is 16.0 Å². The van der Waals surface area contributed by atoms with E-state index in [1.807, 2.05) is 6.07 Å². The molecule has 2 bridgehead atoms. The number of fused-ring (bicyclic) bond motifs is 4. The highest BCUT2D eigenvalue weighted by Gasteiger charge is 2.44. The number of benzene rings is 1. The lowest BCUT2D eigenvalue weighted by atomic mass is 9.67. The zero-order valence-electron chi connectivity index (χ0n) is 17.5. The van der Waals surface area contributed by atoms with Crippen molar-refractivity contribution in [3.63, 3.8) is 0 Å². The maximum absolute atomic E-state index is 12.9. The molecule has 1 unspecified atom stereocenters. The molecule has 4 heterocycles. The Balaban J connectivity index is 1.21. The van der Waals surface area contributed by atoms with E-state index in [0.717, 1.165) is 36.0 Å². The van der Waals surface area contributed by atoms with Crippen molar-refractivity contribution >= 4 is 23.6 Å². The van der Waals surface area contributed by atoms with Crippen LogP contribution in [-0.2, 0) is 16.1 Å². The number of nitrogens with one attached hydrogen (secondary N) is 3. The van der Waals surface area contributed by atoms with E-state index in [1.54, 1.807) is 12.1 Å². The Labute approximate surface area is 181 Å². The largest absolute Gasteiger partial charge is 0.313 e. The van der Waals surface area contributed by atoms with E-state index in [1.165, 1.54) is 25.7 Å².